The maximum Gasteiger partial charge on any atom is 0.452 e. The number of carbonyl (C=O) groups excluding carboxylic acids is 2. The molecule has 1 rings (SSSR count). The van der Waals surface area contributed by atoms with E-state index in [0.717, 1.165) is 0 Å². The number of ether oxygens (including phenoxy) is 1. The molecule has 0 radical (unpaired) electrons. The quantitative estimate of drug-likeness (QED) is 0.660. The van der Waals surface area contributed by atoms with Crippen molar-refractivity contribution in [1.29, 1.82) is 0 Å². The van der Waals surface area contributed by atoms with Crippen LogP contribution in [0, 0.1) is 6.92 Å². The molecule has 0 spiro atoms. The molecule has 1 aromatic rings. The van der Waals surface area contributed by atoms with E-state index in [-0.39, 0.29) is 25.3 Å². The van der Waals surface area contributed by atoms with Crippen LogP contribution in [-0.2, 0) is 15.7 Å². The van der Waals surface area contributed by atoms with Crippen LogP contribution in [0.15, 0.2) is 4.42 Å². The third-order valence-electron chi connectivity index (χ3n) is 2.28. The smallest absolute Gasteiger partial charge is 0.452 e. The molecular formula is C11H13F3N2O4. The molecule has 1 amide bonds. The summed E-state index contributed by atoms with van der Waals surface area (Å²) in [6.45, 7) is 1.24. The number of halogens is 3. The Balaban J connectivity index is 2.62. The summed E-state index contributed by atoms with van der Waals surface area (Å²) in [5, 5.41) is 2.24. The zero-order valence-electron chi connectivity index (χ0n) is 10.8. The molecule has 112 valence electrons. The summed E-state index contributed by atoms with van der Waals surface area (Å²) in [6, 6.07) is 0. The standard InChI is InChI=1S/C11H13F3N2O4/c1-6-16-8(9(20-6)11(12,13)14)10(18)15-5-3-4-7(17)19-2/h3-5H2,1-2H3,(H,15,18). The average Bonchev–Trinajstić information content (AvgIpc) is 2.76. The normalized spacial score (nSPS) is 11.2. The summed E-state index contributed by atoms with van der Waals surface area (Å²) < 4.78 is 46.5. The number of rotatable bonds is 5. The summed E-state index contributed by atoms with van der Waals surface area (Å²) in [5.41, 5.74) is -0.812. The van der Waals surface area contributed by atoms with Crippen LogP contribution in [0.2, 0.25) is 0 Å². The van der Waals surface area contributed by atoms with E-state index in [9.17, 15) is 22.8 Å². The number of nitrogens with one attached hydrogen (secondary N) is 1. The van der Waals surface area contributed by atoms with E-state index in [1.165, 1.54) is 14.0 Å². The van der Waals surface area contributed by atoms with Gasteiger partial charge < -0.3 is 14.5 Å². The topological polar surface area (TPSA) is 81.4 Å². The molecule has 6 nitrogen and oxygen atoms in total. The highest BCUT2D eigenvalue weighted by atomic mass is 19.4. The lowest BCUT2D eigenvalue weighted by Crippen LogP contribution is -2.27. The Kier molecular flexibility index (Phi) is 5.12. The van der Waals surface area contributed by atoms with E-state index < -0.39 is 29.5 Å². The first-order valence-corrected chi connectivity index (χ1v) is 5.65. The monoisotopic (exact) mass is 294 g/mol. The number of hydrogen-bond donors (Lipinski definition) is 1. The van der Waals surface area contributed by atoms with Crippen LogP contribution in [0.5, 0.6) is 0 Å². The number of alkyl halides is 3. The second kappa shape index (κ2) is 6.40. The summed E-state index contributed by atoms with van der Waals surface area (Å²) in [5.74, 6) is -3.15. The Morgan fingerprint density at radius 3 is 2.60 bits per heavy atom. The molecule has 0 fully saturated rings. The maximum absolute atomic E-state index is 12.6. The number of aryl methyl sites for hydroxylation is 1. The SMILES string of the molecule is COC(=O)CCCNC(=O)c1nc(C)oc1C(F)(F)F. The molecule has 0 saturated heterocycles. The predicted molar refractivity (Wildman–Crippen MR) is 59.8 cm³/mol. The van der Waals surface area contributed by atoms with Crippen molar-refractivity contribution in [1.82, 2.24) is 10.3 Å². The summed E-state index contributed by atoms with van der Waals surface area (Å²) in [6.07, 6.45) is -4.49. The molecule has 1 heterocycles. The van der Waals surface area contributed by atoms with Crippen molar-refractivity contribution in [2.45, 2.75) is 25.9 Å². The molecule has 9 heteroatoms. The molecule has 0 bridgehead atoms. The molecule has 0 aliphatic rings. The lowest BCUT2D eigenvalue weighted by molar-refractivity contribution is -0.153. The van der Waals surface area contributed by atoms with Crippen LogP contribution < -0.4 is 5.32 Å². The first-order valence-electron chi connectivity index (χ1n) is 5.65. The Bertz CT molecular complexity index is 496. The van der Waals surface area contributed by atoms with Gasteiger partial charge in [-0.1, -0.05) is 0 Å². The van der Waals surface area contributed by atoms with E-state index in [4.69, 9.17) is 0 Å². The molecule has 1 N–H and O–H groups in total. The number of methoxy groups -OCH3 is 1. The molecule has 0 atom stereocenters. The number of amides is 1. The van der Waals surface area contributed by atoms with Crippen molar-refractivity contribution in [2.75, 3.05) is 13.7 Å². The van der Waals surface area contributed by atoms with Gasteiger partial charge >= 0.3 is 12.1 Å². The Morgan fingerprint density at radius 1 is 1.40 bits per heavy atom. The van der Waals surface area contributed by atoms with Gasteiger partial charge in [-0.2, -0.15) is 13.2 Å². The minimum Gasteiger partial charge on any atom is -0.469 e. The van der Waals surface area contributed by atoms with Gasteiger partial charge in [-0.15, -0.1) is 0 Å². The second-order valence-corrected chi connectivity index (χ2v) is 3.84. The van der Waals surface area contributed by atoms with Crippen molar-refractivity contribution in [3.63, 3.8) is 0 Å². The number of oxazole rings is 1. The first-order chi connectivity index (χ1) is 9.25. The van der Waals surface area contributed by atoms with Gasteiger partial charge in [-0.25, -0.2) is 4.98 Å². The van der Waals surface area contributed by atoms with Gasteiger partial charge in [0.15, 0.2) is 11.6 Å². The molecule has 0 saturated carbocycles. The molecule has 0 aromatic carbocycles. The number of nitrogens with zero attached hydrogens (tertiary/aromatic N) is 1. The fourth-order valence-corrected chi connectivity index (χ4v) is 1.39. The Hall–Kier alpha value is -2.06. The average molecular weight is 294 g/mol. The van der Waals surface area contributed by atoms with Crippen LogP contribution in [0.25, 0.3) is 0 Å². The Labute approximate surface area is 112 Å². The van der Waals surface area contributed by atoms with E-state index in [2.05, 4.69) is 19.5 Å². The number of esters is 1. The lowest BCUT2D eigenvalue weighted by atomic mass is 10.3. The largest absolute Gasteiger partial charge is 0.469 e. The van der Waals surface area contributed by atoms with Crippen LogP contribution in [0.3, 0.4) is 0 Å². The van der Waals surface area contributed by atoms with Gasteiger partial charge in [-0.3, -0.25) is 9.59 Å². The summed E-state index contributed by atoms with van der Waals surface area (Å²) in [4.78, 5) is 25.8. The van der Waals surface area contributed by atoms with Gasteiger partial charge in [0.2, 0.25) is 5.76 Å². The molecule has 1 aromatic heterocycles. The minimum absolute atomic E-state index is 0.0249. The van der Waals surface area contributed by atoms with Crippen LogP contribution in [-0.4, -0.2) is 30.5 Å². The fraction of sp³-hybridized carbons (Fsp3) is 0.545. The summed E-state index contributed by atoms with van der Waals surface area (Å²) >= 11 is 0. The van der Waals surface area contributed by atoms with Gasteiger partial charge in [0, 0.05) is 19.9 Å². The van der Waals surface area contributed by atoms with Crippen molar-refractivity contribution < 1.29 is 31.9 Å². The lowest BCUT2D eigenvalue weighted by Gasteiger charge is -2.06. The zero-order chi connectivity index (χ0) is 15.3. The highest BCUT2D eigenvalue weighted by Gasteiger charge is 2.41. The van der Waals surface area contributed by atoms with Crippen molar-refractivity contribution in [2.24, 2.45) is 0 Å². The van der Waals surface area contributed by atoms with Crippen molar-refractivity contribution >= 4 is 11.9 Å². The van der Waals surface area contributed by atoms with Gasteiger partial charge in [-0.05, 0) is 6.42 Å². The molecule has 0 unspecified atom stereocenters. The van der Waals surface area contributed by atoms with Gasteiger partial charge in [0.25, 0.3) is 5.91 Å². The fourth-order valence-electron chi connectivity index (χ4n) is 1.39. The molecule has 20 heavy (non-hydrogen) atoms. The van der Waals surface area contributed by atoms with Crippen LogP contribution in [0.1, 0.15) is 35.0 Å². The molecule has 0 aliphatic heterocycles. The van der Waals surface area contributed by atoms with Gasteiger partial charge in [0.1, 0.15) is 0 Å². The predicted octanol–water partition coefficient (Wildman–Crippen LogP) is 1.68. The summed E-state index contributed by atoms with van der Waals surface area (Å²) in [7, 11) is 1.22. The minimum atomic E-state index is -4.79. The van der Waals surface area contributed by atoms with Crippen molar-refractivity contribution in [3.05, 3.63) is 17.3 Å². The maximum atomic E-state index is 12.6. The highest BCUT2D eigenvalue weighted by molar-refractivity contribution is 5.93. The number of hydrogen-bond acceptors (Lipinski definition) is 5. The zero-order valence-corrected chi connectivity index (χ0v) is 10.8. The van der Waals surface area contributed by atoms with E-state index in [0.29, 0.717) is 0 Å². The third kappa shape index (κ3) is 4.25. The third-order valence-corrected chi connectivity index (χ3v) is 2.28. The van der Waals surface area contributed by atoms with E-state index in [1.54, 1.807) is 0 Å². The van der Waals surface area contributed by atoms with Crippen LogP contribution >= 0.6 is 0 Å². The van der Waals surface area contributed by atoms with Gasteiger partial charge in [0.05, 0.1) is 7.11 Å². The Morgan fingerprint density at radius 2 is 2.05 bits per heavy atom. The first kappa shape index (κ1) is 16.0. The molecular weight excluding hydrogens is 281 g/mol. The second-order valence-electron chi connectivity index (χ2n) is 3.84. The van der Waals surface area contributed by atoms with E-state index in [1.807, 2.05) is 0 Å². The molecule has 0 aliphatic carbocycles. The highest BCUT2D eigenvalue weighted by Crippen LogP contribution is 2.32. The van der Waals surface area contributed by atoms with E-state index >= 15 is 0 Å². The van der Waals surface area contributed by atoms with Crippen molar-refractivity contribution in [3.8, 4) is 0 Å². The van der Waals surface area contributed by atoms with Crippen LogP contribution in [0.4, 0.5) is 13.2 Å². The number of aromatic nitrogens is 1. The number of carbonyl (C=O) groups is 2.